The molecule has 68 valence electrons. The van der Waals surface area contributed by atoms with Crippen LogP contribution >= 0.6 is 0 Å². The third-order valence-corrected chi connectivity index (χ3v) is 3.33. The first-order valence-electron chi connectivity index (χ1n) is 5.04. The van der Waals surface area contributed by atoms with Gasteiger partial charge in [0.25, 0.3) is 0 Å². The molecule has 0 amide bonds. The Kier molecular flexibility index (Phi) is 1.84. The molecular weight excluding hydrogens is 156 g/mol. The fraction of sp³-hybridized carbons (Fsp3) is 0.538. The molecule has 0 radical (unpaired) electrons. The maximum absolute atomic E-state index is 5.48. The summed E-state index contributed by atoms with van der Waals surface area (Å²) in [6, 6.07) is 0. The van der Waals surface area contributed by atoms with Crippen LogP contribution in [-0.4, -0.2) is 0 Å². The summed E-state index contributed by atoms with van der Waals surface area (Å²) < 4.78 is 0. The molecule has 0 aromatic carbocycles. The fourth-order valence-electron chi connectivity index (χ4n) is 2.37. The van der Waals surface area contributed by atoms with Crippen molar-refractivity contribution < 1.29 is 0 Å². The Balaban J connectivity index is 2.30. The molecule has 0 unspecified atom stereocenters. The highest BCUT2D eigenvalue weighted by atomic mass is 14.5. The van der Waals surface area contributed by atoms with Crippen LogP contribution in [0.3, 0.4) is 0 Å². The average Bonchev–Trinajstić information content (AvgIpc) is 2.88. The van der Waals surface area contributed by atoms with Gasteiger partial charge in [0.1, 0.15) is 0 Å². The number of hydrogen-bond donors (Lipinski definition) is 0. The molecule has 0 aromatic rings. The lowest BCUT2D eigenvalue weighted by atomic mass is 9.70. The third kappa shape index (κ3) is 1.23. The lowest BCUT2D eigenvalue weighted by Gasteiger charge is -2.33. The first-order chi connectivity index (χ1) is 6.21. The molecule has 0 aliphatic heterocycles. The van der Waals surface area contributed by atoms with E-state index in [0.29, 0.717) is 5.92 Å². The fourth-order valence-corrected chi connectivity index (χ4v) is 2.37. The molecular formula is C13H16. The summed E-state index contributed by atoms with van der Waals surface area (Å²) in [6.07, 6.45) is 13.4. The second-order valence-electron chi connectivity index (χ2n) is 4.37. The van der Waals surface area contributed by atoms with Gasteiger partial charge in [0.05, 0.1) is 0 Å². The van der Waals surface area contributed by atoms with Gasteiger partial charge in [-0.3, -0.25) is 0 Å². The van der Waals surface area contributed by atoms with Crippen molar-refractivity contribution in [3.05, 3.63) is 23.3 Å². The van der Waals surface area contributed by atoms with E-state index in [0.717, 1.165) is 6.42 Å². The Hall–Kier alpha value is -0.960. The van der Waals surface area contributed by atoms with Gasteiger partial charge < -0.3 is 0 Å². The van der Waals surface area contributed by atoms with Crippen LogP contribution in [-0.2, 0) is 0 Å². The van der Waals surface area contributed by atoms with Gasteiger partial charge in [-0.2, -0.15) is 0 Å². The van der Waals surface area contributed by atoms with Gasteiger partial charge in [-0.05, 0) is 18.8 Å². The van der Waals surface area contributed by atoms with Crippen LogP contribution in [0.1, 0.15) is 33.1 Å². The maximum Gasteiger partial charge on any atom is 0.0259 e. The van der Waals surface area contributed by atoms with E-state index in [1.807, 2.05) is 0 Å². The van der Waals surface area contributed by atoms with E-state index in [4.69, 9.17) is 6.42 Å². The highest BCUT2D eigenvalue weighted by Gasteiger charge is 2.45. The standard InChI is InChI=1S/C13H16/c1-4-9-13(10(2)3,11-5-6-11)12-7-8-12/h1,5,7,10H,6,8-9H2,2-3H3. The van der Waals surface area contributed by atoms with Crippen molar-refractivity contribution in [3.8, 4) is 12.3 Å². The first kappa shape index (κ1) is 8.63. The molecule has 2 aliphatic carbocycles. The smallest absolute Gasteiger partial charge is 0.0259 e. The van der Waals surface area contributed by atoms with Crippen molar-refractivity contribution in [3.63, 3.8) is 0 Å². The molecule has 0 atom stereocenters. The van der Waals surface area contributed by atoms with E-state index < -0.39 is 0 Å². The topological polar surface area (TPSA) is 0 Å². The molecule has 0 bridgehead atoms. The van der Waals surface area contributed by atoms with Gasteiger partial charge >= 0.3 is 0 Å². The van der Waals surface area contributed by atoms with Gasteiger partial charge in [-0.15, -0.1) is 12.3 Å². The summed E-state index contributed by atoms with van der Waals surface area (Å²) in [4.78, 5) is 0. The lowest BCUT2D eigenvalue weighted by Crippen LogP contribution is -2.25. The molecule has 13 heavy (non-hydrogen) atoms. The molecule has 0 spiro atoms. The van der Waals surface area contributed by atoms with E-state index >= 15 is 0 Å². The minimum Gasteiger partial charge on any atom is -0.120 e. The second-order valence-corrected chi connectivity index (χ2v) is 4.37. The predicted octanol–water partition coefficient (Wildman–Crippen LogP) is 3.31. The van der Waals surface area contributed by atoms with Crippen molar-refractivity contribution in [1.82, 2.24) is 0 Å². The van der Waals surface area contributed by atoms with E-state index in [1.54, 1.807) is 11.1 Å². The Morgan fingerprint density at radius 3 is 2.08 bits per heavy atom. The average molecular weight is 172 g/mol. The van der Waals surface area contributed by atoms with Gasteiger partial charge in [-0.1, -0.05) is 37.1 Å². The highest BCUT2D eigenvalue weighted by molar-refractivity contribution is 5.47. The number of allylic oxidation sites excluding steroid dienone is 4. The Morgan fingerprint density at radius 2 is 1.85 bits per heavy atom. The Morgan fingerprint density at radius 1 is 1.38 bits per heavy atom. The van der Waals surface area contributed by atoms with E-state index in [1.165, 1.54) is 12.8 Å². The van der Waals surface area contributed by atoms with Crippen molar-refractivity contribution >= 4 is 0 Å². The molecule has 2 aliphatic rings. The van der Waals surface area contributed by atoms with Gasteiger partial charge in [0.2, 0.25) is 0 Å². The zero-order valence-electron chi connectivity index (χ0n) is 8.43. The quantitative estimate of drug-likeness (QED) is 0.451. The minimum atomic E-state index is 0.259. The first-order valence-corrected chi connectivity index (χ1v) is 5.04. The zero-order chi connectivity index (χ0) is 9.47. The van der Waals surface area contributed by atoms with Crippen LogP contribution in [0.15, 0.2) is 23.3 Å². The molecule has 0 nitrogen and oxygen atoms in total. The van der Waals surface area contributed by atoms with Gasteiger partial charge in [0, 0.05) is 11.8 Å². The van der Waals surface area contributed by atoms with Crippen molar-refractivity contribution in [2.45, 2.75) is 33.1 Å². The van der Waals surface area contributed by atoms with Gasteiger partial charge in [0.15, 0.2) is 0 Å². The predicted molar refractivity (Wildman–Crippen MR) is 56.1 cm³/mol. The summed E-state index contributed by atoms with van der Waals surface area (Å²) >= 11 is 0. The summed E-state index contributed by atoms with van der Waals surface area (Å²) in [7, 11) is 0. The summed E-state index contributed by atoms with van der Waals surface area (Å²) in [6.45, 7) is 4.57. The molecule has 0 heteroatoms. The van der Waals surface area contributed by atoms with Crippen LogP contribution in [0, 0.1) is 23.7 Å². The van der Waals surface area contributed by atoms with Crippen LogP contribution in [0.2, 0.25) is 0 Å². The molecule has 0 N–H and O–H groups in total. The summed E-state index contributed by atoms with van der Waals surface area (Å²) in [5.74, 6) is 3.50. The normalized spacial score (nSPS) is 19.2. The van der Waals surface area contributed by atoms with Crippen LogP contribution in [0.25, 0.3) is 0 Å². The van der Waals surface area contributed by atoms with Crippen LogP contribution < -0.4 is 0 Å². The minimum absolute atomic E-state index is 0.259. The molecule has 0 saturated carbocycles. The Bertz CT molecular complexity index is 300. The van der Waals surface area contributed by atoms with Crippen molar-refractivity contribution in [2.24, 2.45) is 11.3 Å². The summed E-state index contributed by atoms with van der Waals surface area (Å²) in [5, 5.41) is 0. The Labute approximate surface area is 80.7 Å². The number of terminal acetylenes is 1. The van der Waals surface area contributed by atoms with Crippen LogP contribution in [0.5, 0.6) is 0 Å². The third-order valence-electron chi connectivity index (χ3n) is 3.33. The maximum atomic E-state index is 5.48. The monoisotopic (exact) mass is 172 g/mol. The van der Waals surface area contributed by atoms with Crippen molar-refractivity contribution in [2.75, 3.05) is 0 Å². The van der Waals surface area contributed by atoms with E-state index in [-0.39, 0.29) is 5.41 Å². The molecule has 0 aromatic heterocycles. The van der Waals surface area contributed by atoms with Crippen molar-refractivity contribution in [1.29, 1.82) is 0 Å². The second kappa shape index (κ2) is 2.77. The van der Waals surface area contributed by atoms with E-state index in [2.05, 4.69) is 31.9 Å². The largest absolute Gasteiger partial charge is 0.120 e. The van der Waals surface area contributed by atoms with E-state index in [9.17, 15) is 0 Å². The SMILES string of the molecule is C#CCC(C1=CC1)(C1=CC1)C(C)C. The summed E-state index contributed by atoms with van der Waals surface area (Å²) in [5.41, 5.74) is 3.43. The zero-order valence-corrected chi connectivity index (χ0v) is 8.43. The van der Waals surface area contributed by atoms with Crippen LogP contribution in [0.4, 0.5) is 0 Å². The molecule has 0 heterocycles. The number of hydrogen-bond acceptors (Lipinski definition) is 0. The molecule has 2 rings (SSSR count). The number of rotatable bonds is 4. The van der Waals surface area contributed by atoms with Gasteiger partial charge in [-0.25, -0.2) is 0 Å². The highest BCUT2D eigenvalue weighted by Crippen LogP contribution is 2.56. The molecule has 0 fully saturated rings. The lowest BCUT2D eigenvalue weighted by molar-refractivity contribution is 0.326. The molecule has 0 saturated heterocycles.